The summed E-state index contributed by atoms with van der Waals surface area (Å²) in [5.74, 6) is 1.09. The van der Waals surface area contributed by atoms with Crippen LogP contribution < -0.4 is 4.72 Å². The number of imidazole rings is 1. The molecule has 0 fully saturated rings. The summed E-state index contributed by atoms with van der Waals surface area (Å²) in [5, 5.41) is 1.08. The van der Waals surface area contributed by atoms with Crippen molar-refractivity contribution in [3.63, 3.8) is 0 Å². The largest absolute Gasteiger partial charge is 0.449 e. The van der Waals surface area contributed by atoms with E-state index in [2.05, 4.69) is 24.7 Å². The van der Waals surface area contributed by atoms with Gasteiger partial charge < -0.3 is 9.30 Å². The number of aromatic nitrogens is 2. The lowest BCUT2D eigenvalue weighted by atomic mass is 10.0. The maximum absolute atomic E-state index is 13.0. The Bertz CT molecular complexity index is 1270. The lowest BCUT2D eigenvalue weighted by Gasteiger charge is -2.14. The van der Waals surface area contributed by atoms with E-state index >= 15 is 0 Å². The fraction of sp³-hybridized carbons (Fsp3) is 0.407. The van der Waals surface area contributed by atoms with Crippen molar-refractivity contribution in [3.05, 3.63) is 65.6 Å². The van der Waals surface area contributed by atoms with E-state index < -0.39 is 16.1 Å². The van der Waals surface area contributed by atoms with Gasteiger partial charge in [-0.25, -0.2) is 22.9 Å². The fourth-order valence-corrected chi connectivity index (χ4v) is 5.84. The van der Waals surface area contributed by atoms with Crippen molar-refractivity contribution in [3.8, 4) is 11.1 Å². The van der Waals surface area contributed by atoms with E-state index in [0.717, 1.165) is 47.7 Å². The summed E-state index contributed by atoms with van der Waals surface area (Å²) in [7, 11) is -4.09. The molecule has 0 bridgehead atoms. The van der Waals surface area contributed by atoms with Gasteiger partial charge in [-0.2, -0.15) is 0 Å². The minimum absolute atomic E-state index is 0.0305. The summed E-state index contributed by atoms with van der Waals surface area (Å²) in [6, 6.07) is 14.5. The van der Waals surface area contributed by atoms with Gasteiger partial charge in [0.15, 0.2) is 0 Å². The van der Waals surface area contributed by atoms with E-state index in [0.29, 0.717) is 18.5 Å². The number of unbranched alkanes of at least 4 members (excludes halogenated alkanes) is 1. The quantitative estimate of drug-likeness (QED) is 0.227. The van der Waals surface area contributed by atoms with Gasteiger partial charge in [-0.15, -0.1) is 11.8 Å². The lowest BCUT2D eigenvalue weighted by Crippen LogP contribution is -2.31. The van der Waals surface area contributed by atoms with Gasteiger partial charge >= 0.3 is 6.09 Å². The SMILES string of the molecule is CCCCOC(=O)NS(=O)(=O)c1ccccc1-c1ccc(Cn2c(CCC)nc(SC)c2CC)cc1. The van der Waals surface area contributed by atoms with Crippen LogP contribution in [0, 0.1) is 0 Å². The van der Waals surface area contributed by atoms with Crippen molar-refractivity contribution in [2.45, 2.75) is 69.3 Å². The first-order valence-electron chi connectivity index (χ1n) is 12.3. The fourth-order valence-electron chi connectivity index (χ4n) is 4.04. The zero-order valence-corrected chi connectivity index (χ0v) is 23.0. The summed E-state index contributed by atoms with van der Waals surface area (Å²) in [6.45, 7) is 7.15. The van der Waals surface area contributed by atoms with Crippen molar-refractivity contribution < 1.29 is 17.9 Å². The molecule has 3 rings (SSSR count). The molecule has 1 aromatic heterocycles. The Labute approximate surface area is 218 Å². The number of carbonyl (C=O) groups excluding carboxylic acids is 1. The Hall–Kier alpha value is -2.78. The molecule has 1 heterocycles. The van der Waals surface area contributed by atoms with Crippen LogP contribution in [0.5, 0.6) is 0 Å². The van der Waals surface area contributed by atoms with E-state index in [1.165, 1.54) is 11.8 Å². The standard InChI is InChI=1S/C27H35N3O4S2/c1-5-8-18-34-27(31)29-36(32,33)24-13-10-9-12-22(24)21-16-14-20(15-17-21)19-30-23(7-3)26(35-4)28-25(30)11-6-2/h9-10,12-17H,5-8,11,18-19H2,1-4H3,(H,29,31). The number of hydrogen-bond acceptors (Lipinski definition) is 6. The molecule has 0 radical (unpaired) electrons. The van der Waals surface area contributed by atoms with E-state index in [4.69, 9.17) is 9.72 Å². The minimum Gasteiger partial charge on any atom is -0.449 e. The van der Waals surface area contributed by atoms with Crippen LogP contribution in [0.15, 0.2) is 58.5 Å². The van der Waals surface area contributed by atoms with E-state index in [9.17, 15) is 13.2 Å². The molecule has 1 N–H and O–H groups in total. The van der Waals surface area contributed by atoms with E-state index in [1.807, 2.05) is 35.9 Å². The first-order valence-corrected chi connectivity index (χ1v) is 15.1. The Kier molecular flexibility index (Phi) is 10.0. The number of nitrogens with one attached hydrogen (secondary N) is 1. The van der Waals surface area contributed by atoms with Crippen LogP contribution in [-0.4, -0.2) is 36.9 Å². The molecule has 7 nitrogen and oxygen atoms in total. The predicted molar refractivity (Wildman–Crippen MR) is 145 cm³/mol. The summed E-state index contributed by atoms with van der Waals surface area (Å²) >= 11 is 1.68. The molecule has 2 aromatic carbocycles. The topological polar surface area (TPSA) is 90.3 Å². The predicted octanol–water partition coefficient (Wildman–Crippen LogP) is 6.05. The monoisotopic (exact) mass is 529 g/mol. The average Bonchev–Trinajstić information content (AvgIpc) is 3.20. The van der Waals surface area contributed by atoms with Gasteiger partial charge in [0.1, 0.15) is 10.9 Å². The molecule has 0 aliphatic heterocycles. The number of aryl methyl sites for hydroxylation is 1. The van der Waals surface area contributed by atoms with Crippen molar-refractivity contribution in [1.29, 1.82) is 0 Å². The second-order valence-corrected chi connectivity index (χ2v) is 10.9. The van der Waals surface area contributed by atoms with Crippen LogP contribution >= 0.6 is 11.8 Å². The highest BCUT2D eigenvalue weighted by atomic mass is 32.2. The lowest BCUT2D eigenvalue weighted by molar-refractivity contribution is 0.151. The Morgan fingerprint density at radius 1 is 1.06 bits per heavy atom. The summed E-state index contributed by atoms with van der Waals surface area (Å²) in [4.78, 5) is 16.9. The summed E-state index contributed by atoms with van der Waals surface area (Å²) in [5.41, 5.74) is 3.61. The first-order chi connectivity index (χ1) is 17.3. The molecule has 0 spiro atoms. The van der Waals surface area contributed by atoms with Crippen LogP contribution in [0.2, 0.25) is 0 Å². The van der Waals surface area contributed by atoms with Gasteiger partial charge in [-0.1, -0.05) is 69.7 Å². The van der Waals surface area contributed by atoms with Crippen LogP contribution in [0.1, 0.15) is 57.1 Å². The normalized spacial score (nSPS) is 11.4. The van der Waals surface area contributed by atoms with Crippen molar-refractivity contribution in [2.75, 3.05) is 12.9 Å². The highest BCUT2D eigenvalue weighted by Gasteiger charge is 2.22. The molecule has 9 heteroatoms. The molecule has 1 amide bonds. The Morgan fingerprint density at radius 3 is 2.42 bits per heavy atom. The zero-order valence-electron chi connectivity index (χ0n) is 21.4. The highest BCUT2D eigenvalue weighted by molar-refractivity contribution is 7.98. The number of rotatable bonds is 12. The second kappa shape index (κ2) is 13.0. The molecule has 0 saturated heterocycles. The van der Waals surface area contributed by atoms with Crippen molar-refractivity contribution >= 4 is 27.9 Å². The smallest absolute Gasteiger partial charge is 0.421 e. The second-order valence-electron chi connectivity index (χ2n) is 8.46. The number of ether oxygens (including phenoxy) is 1. The molecule has 0 saturated carbocycles. The number of carbonyl (C=O) groups is 1. The third-order valence-electron chi connectivity index (χ3n) is 5.85. The van der Waals surface area contributed by atoms with Gasteiger partial charge in [0.2, 0.25) is 0 Å². The van der Waals surface area contributed by atoms with Crippen LogP contribution in [-0.2, 0) is 34.1 Å². The third-order valence-corrected chi connectivity index (χ3v) is 7.93. The van der Waals surface area contributed by atoms with E-state index in [-0.39, 0.29) is 11.5 Å². The molecule has 0 unspecified atom stereocenters. The zero-order chi connectivity index (χ0) is 26.1. The molecule has 0 aliphatic rings. The van der Waals surface area contributed by atoms with Gasteiger partial charge in [-0.3, -0.25) is 0 Å². The molecule has 0 aliphatic carbocycles. The molecule has 36 heavy (non-hydrogen) atoms. The van der Waals surface area contributed by atoms with Crippen LogP contribution in [0.3, 0.4) is 0 Å². The van der Waals surface area contributed by atoms with Gasteiger partial charge in [0, 0.05) is 18.5 Å². The third kappa shape index (κ3) is 6.70. The van der Waals surface area contributed by atoms with Crippen LogP contribution in [0.25, 0.3) is 11.1 Å². The first kappa shape index (κ1) is 27.8. The van der Waals surface area contributed by atoms with Gasteiger partial charge in [-0.05, 0) is 42.7 Å². The number of benzene rings is 2. The Morgan fingerprint density at radius 2 is 1.78 bits per heavy atom. The molecular weight excluding hydrogens is 494 g/mol. The summed E-state index contributed by atoms with van der Waals surface area (Å²) < 4.78 is 35.2. The maximum Gasteiger partial charge on any atom is 0.421 e. The van der Waals surface area contributed by atoms with Crippen molar-refractivity contribution in [2.24, 2.45) is 0 Å². The summed E-state index contributed by atoms with van der Waals surface area (Å²) in [6.07, 6.45) is 5.47. The minimum atomic E-state index is -4.09. The Balaban J connectivity index is 1.86. The van der Waals surface area contributed by atoms with E-state index in [1.54, 1.807) is 30.0 Å². The number of hydrogen-bond donors (Lipinski definition) is 1. The van der Waals surface area contributed by atoms with Crippen molar-refractivity contribution in [1.82, 2.24) is 14.3 Å². The molecule has 0 atom stereocenters. The maximum atomic E-state index is 13.0. The van der Waals surface area contributed by atoms with Crippen LogP contribution in [0.4, 0.5) is 4.79 Å². The number of sulfonamides is 1. The molecule has 194 valence electrons. The molecule has 3 aromatic rings. The average molecular weight is 530 g/mol. The highest BCUT2D eigenvalue weighted by Crippen LogP contribution is 2.29. The van der Waals surface area contributed by atoms with Gasteiger partial charge in [0.05, 0.1) is 17.2 Å². The number of thioether (sulfide) groups is 1. The molecular formula is C27H35N3O4S2. The van der Waals surface area contributed by atoms with Gasteiger partial charge in [0.25, 0.3) is 10.0 Å². The number of amides is 1. The number of nitrogens with zero attached hydrogens (tertiary/aromatic N) is 2.